The third-order valence-electron chi connectivity index (χ3n) is 6.00. The van der Waals surface area contributed by atoms with Crippen LogP contribution in [0.3, 0.4) is 0 Å². The molecule has 2 aromatic rings. The SMILES string of the molecule is CCCn1cc(C(=O)N2CCOC(COc3cccc(Cl)c3)(CC(=O)N3CCOCC3)C2)cn1. The van der Waals surface area contributed by atoms with E-state index >= 15 is 0 Å². The molecule has 0 saturated carbocycles. The van der Waals surface area contributed by atoms with Crippen molar-refractivity contribution >= 4 is 23.4 Å². The summed E-state index contributed by atoms with van der Waals surface area (Å²) in [5.41, 5.74) is -0.454. The van der Waals surface area contributed by atoms with Crippen LogP contribution in [-0.2, 0) is 20.8 Å². The van der Waals surface area contributed by atoms with Gasteiger partial charge in [-0.15, -0.1) is 0 Å². The van der Waals surface area contributed by atoms with Gasteiger partial charge < -0.3 is 24.0 Å². The zero-order valence-electron chi connectivity index (χ0n) is 19.5. The molecule has 9 nitrogen and oxygen atoms in total. The summed E-state index contributed by atoms with van der Waals surface area (Å²) in [5, 5.41) is 4.84. The Hall–Kier alpha value is -2.62. The second kappa shape index (κ2) is 11.2. The molecule has 0 N–H and O–H groups in total. The number of halogens is 1. The Morgan fingerprint density at radius 1 is 1.18 bits per heavy atom. The second-order valence-corrected chi connectivity index (χ2v) is 9.10. The van der Waals surface area contributed by atoms with Crippen molar-refractivity contribution in [3.05, 3.63) is 47.2 Å². The zero-order valence-corrected chi connectivity index (χ0v) is 20.2. The molecule has 0 radical (unpaired) electrons. The Labute approximate surface area is 204 Å². The lowest BCUT2D eigenvalue weighted by Crippen LogP contribution is -2.58. The molecule has 0 aliphatic carbocycles. The van der Waals surface area contributed by atoms with Crippen LogP contribution in [0.2, 0.25) is 5.02 Å². The van der Waals surface area contributed by atoms with Crippen molar-refractivity contribution in [2.24, 2.45) is 0 Å². The fourth-order valence-corrected chi connectivity index (χ4v) is 4.42. The van der Waals surface area contributed by atoms with E-state index < -0.39 is 5.60 Å². The van der Waals surface area contributed by atoms with E-state index in [4.69, 9.17) is 25.8 Å². The van der Waals surface area contributed by atoms with Crippen LogP contribution in [0.4, 0.5) is 0 Å². The van der Waals surface area contributed by atoms with E-state index in [2.05, 4.69) is 12.0 Å². The van der Waals surface area contributed by atoms with Crippen LogP contribution >= 0.6 is 11.6 Å². The number of aryl methyl sites for hydroxylation is 1. The van der Waals surface area contributed by atoms with Gasteiger partial charge in [-0.05, 0) is 24.6 Å². The fourth-order valence-electron chi connectivity index (χ4n) is 4.24. The van der Waals surface area contributed by atoms with E-state index in [0.29, 0.717) is 55.8 Å². The van der Waals surface area contributed by atoms with Crippen LogP contribution in [0, 0.1) is 0 Å². The number of carbonyl (C=O) groups excluding carboxylic acids is 2. The van der Waals surface area contributed by atoms with Gasteiger partial charge in [0.2, 0.25) is 5.91 Å². The van der Waals surface area contributed by atoms with Crippen LogP contribution in [0.25, 0.3) is 0 Å². The van der Waals surface area contributed by atoms with Crippen molar-refractivity contribution < 1.29 is 23.8 Å². The van der Waals surface area contributed by atoms with Crippen LogP contribution in [0.15, 0.2) is 36.7 Å². The molecule has 0 bridgehead atoms. The Kier molecular flexibility index (Phi) is 8.07. The van der Waals surface area contributed by atoms with Crippen LogP contribution in [0.1, 0.15) is 30.1 Å². The maximum atomic E-state index is 13.3. The highest BCUT2D eigenvalue weighted by Crippen LogP contribution is 2.27. The standard InChI is InChI=1S/C24H31ClN4O5/c1-2-6-29-16-19(15-26-29)23(31)28-9-12-34-24(17-28,14-22(30)27-7-10-32-11-8-27)18-33-21-5-3-4-20(25)13-21/h3-5,13,15-16H,2,6-12,14,17-18H2,1H3. The predicted octanol–water partition coefficient (Wildman–Crippen LogP) is 2.49. The van der Waals surface area contributed by atoms with E-state index in [1.165, 1.54) is 0 Å². The number of rotatable bonds is 8. The number of nitrogens with zero attached hydrogens (tertiary/aromatic N) is 4. The average Bonchev–Trinajstić information content (AvgIpc) is 3.32. The topological polar surface area (TPSA) is 86.1 Å². The highest BCUT2D eigenvalue weighted by atomic mass is 35.5. The first-order valence-electron chi connectivity index (χ1n) is 11.7. The lowest BCUT2D eigenvalue weighted by molar-refractivity contribution is -0.155. The first-order chi connectivity index (χ1) is 16.5. The maximum absolute atomic E-state index is 13.3. The summed E-state index contributed by atoms with van der Waals surface area (Å²) >= 11 is 6.10. The number of benzene rings is 1. The highest BCUT2D eigenvalue weighted by molar-refractivity contribution is 6.30. The fraction of sp³-hybridized carbons (Fsp3) is 0.542. The number of amides is 2. The monoisotopic (exact) mass is 490 g/mol. The lowest BCUT2D eigenvalue weighted by atomic mass is 9.96. The largest absolute Gasteiger partial charge is 0.490 e. The van der Waals surface area contributed by atoms with Gasteiger partial charge in [-0.2, -0.15) is 5.10 Å². The van der Waals surface area contributed by atoms with Crippen molar-refractivity contribution in [3.8, 4) is 5.75 Å². The minimum atomic E-state index is -0.981. The maximum Gasteiger partial charge on any atom is 0.257 e. The summed E-state index contributed by atoms with van der Waals surface area (Å²) in [6.45, 7) is 6.03. The average molecular weight is 491 g/mol. The van der Waals surface area contributed by atoms with Crippen molar-refractivity contribution in [1.82, 2.24) is 19.6 Å². The van der Waals surface area contributed by atoms with Gasteiger partial charge in [-0.3, -0.25) is 14.3 Å². The minimum Gasteiger partial charge on any atom is -0.490 e. The molecule has 1 unspecified atom stereocenters. The minimum absolute atomic E-state index is 0.0388. The molecule has 1 aromatic carbocycles. The number of ether oxygens (including phenoxy) is 3. The Morgan fingerprint density at radius 2 is 1.97 bits per heavy atom. The molecule has 184 valence electrons. The Morgan fingerprint density at radius 3 is 2.74 bits per heavy atom. The molecular weight excluding hydrogens is 460 g/mol. The quantitative estimate of drug-likeness (QED) is 0.565. The molecule has 10 heteroatoms. The van der Waals surface area contributed by atoms with E-state index in [9.17, 15) is 9.59 Å². The second-order valence-electron chi connectivity index (χ2n) is 8.67. The molecular formula is C24H31ClN4O5. The van der Waals surface area contributed by atoms with E-state index in [0.717, 1.165) is 13.0 Å². The third kappa shape index (κ3) is 6.08. The Bertz CT molecular complexity index is 993. The summed E-state index contributed by atoms with van der Waals surface area (Å²) in [6.07, 6.45) is 4.40. The van der Waals surface area contributed by atoms with Gasteiger partial charge in [-0.1, -0.05) is 24.6 Å². The molecule has 1 atom stereocenters. The molecule has 2 aliphatic rings. The van der Waals surface area contributed by atoms with Crippen molar-refractivity contribution in [2.45, 2.75) is 31.9 Å². The van der Waals surface area contributed by atoms with Gasteiger partial charge in [0.15, 0.2) is 0 Å². The van der Waals surface area contributed by atoms with Gasteiger partial charge in [0.25, 0.3) is 5.91 Å². The van der Waals surface area contributed by atoms with Gasteiger partial charge in [0.05, 0.1) is 44.5 Å². The van der Waals surface area contributed by atoms with E-state index in [-0.39, 0.29) is 31.4 Å². The highest BCUT2D eigenvalue weighted by Gasteiger charge is 2.42. The molecule has 2 aliphatic heterocycles. The number of hydrogen-bond acceptors (Lipinski definition) is 6. The molecule has 2 amide bonds. The molecule has 2 saturated heterocycles. The molecule has 34 heavy (non-hydrogen) atoms. The van der Waals surface area contributed by atoms with E-state index in [1.54, 1.807) is 51.1 Å². The number of carbonyl (C=O) groups is 2. The molecule has 0 spiro atoms. The third-order valence-corrected chi connectivity index (χ3v) is 6.24. The number of hydrogen-bond donors (Lipinski definition) is 0. The Balaban J connectivity index is 1.51. The van der Waals surface area contributed by atoms with Gasteiger partial charge in [0, 0.05) is 37.4 Å². The molecule has 1 aromatic heterocycles. The molecule has 2 fully saturated rings. The van der Waals surface area contributed by atoms with Crippen molar-refractivity contribution in [1.29, 1.82) is 0 Å². The lowest BCUT2D eigenvalue weighted by Gasteiger charge is -2.43. The van der Waals surface area contributed by atoms with Crippen LogP contribution in [-0.4, -0.2) is 89.6 Å². The van der Waals surface area contributed by atoms with Gasteiger partial charge in [0.1, 0.15) is 18.0 Å². The van der Waals surface area contributed by atoms with Gasteiger partial charge >= 0.3 is 0 Å². The van der Waals surface area contributed by atoms with Crippen LogP contribution < -0.4 is 4.74 Å². The summed E-state index contributed by atoms with van der Waals surface area (Å²) < 4.78 is 19.4. The van der Waals surface area contributed by atoms with Crippen molar-refractivity contribution in [3.63, 3.8) is 0 Å². The zero-order chi connectivity index (χ0) is 24.0. The summed E-state index contributed by atoms with van der Waals surface area (Å²) in [4.78, 5) is 29.9. The predicted molar refractivity (Wildman–Crippen MR) is 126 cm³/mol. The first-order valence-corrected chi connectivity index (χ1v) is 12.1. The first kappa shape index (κ1) is 24.5. The summed E-state index contributed by atoms with van der Waals surface area (Å²) in [6, 6.07) is 7.08. The van der Waals surface area contributed by atoms with Crippen molar-refractivity contribution in [2.75, 3.05) is 52.6 Å². The number of morpholine rings is 2. The van der Waals surface area contributed by atoms with Gasteiger partial charge in [-0.25, -0.2) is 0 Å². The number of aromatic nitrogens is 2. The normalized spacial score (nSPS) is 20.9. The molecule has 4 rings (SSSR count). The summed E-state index contributed by atoms with van der Waals surface area (Å²) in [7, 11) is 0. The smallest absolute Gasteiger partial charge is 0.257 e. The summed E-state index contributed by atoms with van der Waals surface area (Å²) in [5.74, 6) is 0.415. The molecule has 3 heterocycles. The van der Waals surface area contributed by atoms with Crippen LogP contribution in [0.5, 0.6) is 5.75 Å². The van der Waals surface area contributed by atoms with E-state index in [1.807, 2.05) is 0 Å².